The first-order valence-corrected chi connectivity index (χ1v) is 6.87. The van der Waals surface area contributed by atoms with E-state index in [0.717, 1.165) is 11.3 Å². The monoisotopic (exact) mass is 278 g/mol. The molecule has 0 radical (unpaired) electrons. The third-order valence-corrected chi connectivity index (χ3v) is 3.28. The first kappa shape index (κ1) is 14.8. The van der Waals surface area contributed by atoms with Gasteiger partial charge >= 0.3 is 6.09 Å². The Labute approximate surface area is 119 Å². The van der Waals surface area contributed by atoms with Crippen LogP contribution in [0, 0.1) is 0 Å². The number of nitrogens with one attached hydrogen (secondary N) is 1. The third-order valence-electron chi connectivity index (χ3n) is 3.28. The first-order valence-electron chi connectivity index (χ1n) is 6.87. The lowest BCUT2D eigenvalue weighted by molar-refractivity contribution is 0.0770. The number of carbonyl (C=O) groups is 1. The van der Waals surface area contributed by atoms with E-state index in [9.17, 15) is 9.90 Å². The van der Waals surface area contributed by atoms with Gasteiger partial charge in [-0.1, -0.05) is 12.1 Å². The van der Waals surface area contributed by atoms with E-state index in [-0.39, 0.29) is 12.1 Å². The summed E-state index contributed by atoms with van der Waals surface area (Å²) >= 11 is 0. The molecule has 1 saturated heterocycles. The number of amides is 1. The smallest absolute Gasteiger partial charge is 0.414 e. The summed E-state index contributed by atoms with van der Waals surface area (Å²) < 4.78 is 4.95. The van der Waals surface area contributed by atoms with Crippen molar-refractivity contribution in [3.63, 3.8) is 0 Å². The minimum atomic E-state index is -0.745. The summed E-state index contributed by atoms with van der Waals surface area (Å²) in [6.45, 7) is 7.10. The van der Waals surface area contributed by atoms with Crippen molar-refractivity contribution in [3.05, 3.63) is 29.8 Å². The molecule has 5 nitrogen and oxygen atoms in total. The maximum atomic E-state index is 11.6. The zero-order valence-electron chi connectivity index (χ0n) is 12.2. The van der Waals surface area contributed by atoms with E-state index in [1.165, 1.54) is 0 Å². The molecule has 1 aliphatic heterocycles. The number of carbonyl (C=O) groups excluding carboxylic acids is 1. The Bertz CT molecular complexity index is 482. The molecule has 1 fully saturated rings. The standard InChI is InChI=1S/C15H22N2O3/c1-11(16-10-15(2,3)19)12-5-4-6-13(9-12)17-7-8-20-14(17)18/h4-6,9,11,16,19H,7-8,10H2,1-3H3. The molecule has 110 valence electrons. The highest BCUT2D eigenvalue weighted by Crippen LogP contribution is 2.23. The van der Waals surface area contributed by atoms with Crippen LogP contribution in [0.3, 0.4) is 0 Å². The Hall–Kier alpha value is -1.59. The van der Waals surface area contributed by atoms with Crippen LogP contribution in [0.1, 0.15) is 32.4 Å². The summed E-state index contributed by atoms with van der Waals surface area (Å²) in [5.41, 5.74) is 1.18. The van der Waals surface area contributed by atoms with E-state index in [1.54, 1.807) is 18.7 Å². The van der Waals surface area contributed by atoms with Crippen LogP contribution in [-0.2, 0) is 4.74 Å². The Balaban J connectivity index is 2.07. The lowest BCUT2D eigenvalue weighted by atomic mass is 10.1. The van der Waals surface area contributed by atoms with Crippen LogP contribution in [0.25, 0.3) is 0 Å². The number of cyclic esters (lactones) is 1. The lowest BCUT2D eigenvalue weighted by Crippen LogP contribution is -2.36. The number of anilines is 1. The number of hydrogen-bond donors (Lipinski definition) is 2. The number of hydrogen-bond acceptors (Lipinski definition) is 4. The van der Waals surface area contributed by atoms with Gasteiger partial charge in [0.1, 0.15) is 6.61 Å². The van der Waals surface area contributed by atoms with Crippen LogP contribution < -0.4 is 10.2 Å². The topological polar surface area (TPSA) is 61.8 Å². The van der Waals surface area contributed by atoms with Crippen molar-refractivity contribution in [2.24, 2.45) is 0 Å². The van der Waals surface area contributed by atoms with E-state index in [1.807, 2.05) is 31.2 Å². The maximum absolute atomic E-state index is 11.6. The van der Waals surface area contributed by atoms with Crippen molar-refractivity contribution in [2.45, 2.75) is 32.4 Å². The van der Waals surface area contributed by atoms with Gasteiger partial charge in [-0.05, 0) is 38.5 Å². The minimum absolute atomic E-state index is 0.0972. The van der Waals surface area contributed by atoms with Gasteiger partial charge in [-0.25, -0.2) is 4.79 Å². The molecular formula is C15H22N2O3. The van der Waals surface area contributed by atoms with Crippen LogP contribution in [0.5, 0.6) is 0 Å². The van der Waals surface area contributed by atoms with Crippen molar-refractivity contribution >= 4 is 11.8 Å². The molecule has 0 aromatic heterocycles. The molecule has 2 rings (SSSR count). The predicted octanol–water partition coefficient (Wildman–Crippen LogP) is 2.06. The van der Waals surface area contributed by atoms with Gasteiger partial charge in [0.25, 0.3) is 0 Å². The number of ether oxygens (including phenoxy) is 1. The molecule has 1 aromatic carbocycles. The van der Waals surface area contributed by atoms with Crippen molar-refractivity contribution in [1.29, 1.82) is 0 Å². The van der Waals surface area contributed by atoms with Gasteiger partial charge in [0, 0.05) is 18.3 Å². The summed E-state index contributed by atoms with van der Waals surface area (Å²) in [6.07, 6.45) is -0.292. The van der Waals surface area contributed by atoms with Crippen LogP contribution in [-0.4, -0.2) is 36.5 Å². The quantitative estimate of drug-likeness (QED) is 0.865. The number of nitrogens with zero attached hydrogens (tertiary/aromatic N) is 1. The van der Waals surface area contributed by atoms with Crippen molar-refractivity contribution in [3.8, 4) is 0 Å². The summed E-state index contributed by atoms with van der Waals surface area (Å²) in [5.74, 6) is 0. The maximum Gasteiger partial charge on any atom is 0.414 e. The largest absolute Gasteiger partial charge is 0.447 e. The van der Waals surface area contributed by atoms with Gasteiger partial charge in [0.05, 0.1) is 12.1 Å². The van der Waals surface area contributed by atoms with Crippen LogP contribution in [0.2, 0.25) is 0 Å². The SMILES string of the molecule is CC(NCC(C)(C)O)c1cccc(N2CCOC2=O)c1. The first-order chi connectivity index (χ1) is 9.37. The Kier molecular flexibility index (Phi) is 4.30. The fourth-order valence-corrected chi connectivity index (χ4v) is 2.11. The summed E-state index contributed by atoms with van der Waals surface area (Å²) in [6, 6.07) is 7.92. The second kappa shape index (κ2) is 5.81. The average Bonchev–Trinajstić information content (AvgIpc) is 2.81. The fourth-order valence-electron chi connectivity index (χ4n) is 2.11. The molecular weight excluding hydrogens is 256 g/mol. The van der Waals surface area contributed by atoms with E-state index >= 15 is 0 Å². The van der Waals surface area contributed by atoms with Crippen LogP contribution >= 0.6 is 0 Å². The van der Waals surface area contributed by atoms with Gasteiger partial charge in [-0.2, -0.15) is 0 Å². The molecule has 1 heterocycles. The third kappa shape index (κ3) is 3.71. The highest BCUT2D eigenvalue weighted by Gasteiger charge is 2.24. The summed E-state index contributed by atoms with van der Waals surface area (Å²) in [4.78, 5) is 13.2. The van der Waals surface area contributed by atoms with Crippen LogP contribution in [0.15, 0.2) is 24.3 Å². The highest BCUT2D eigenvalue weighted by molar-refractivity contribution is 5.89. The lowest BCUT2D eigenvalue weighted by Gasteiger charge is -2.23. The van der Waals surface area contributed by atoms with Gasteiger partial charge in [-0.3, -0.25) is 4.90 Å². The Morgan fingerprint density at radius 3 is 2.85 bits per heavy atom. The van der Waals surface area contributed by atoms with Crippen LogP contribution in [0.4, 0.5) is 10.5 Å². The predicted molar refractivity (Wildman–Crippen MR) is 77.9 cm³/mol. The van der Waals surface area contributed by atoms with Crippen molar-refractivity contribution < 1.29 is 14.6 Å². The summed E-state index contributed by atoms with van der Waals surface area (Å²) in [7, 11) is 0. The van der Waals surface area contributed by atoms with Crippen molar-refractivity contribution in [2.75, 3.05) is 24.6 Å². The van der Waals surface area contributed by atoms with E-state index in [2.05, 4.69) is 5.32 Å². The van der Waals surface area contributed by atoms with Crippen molar-refractivity contribution in [1.82, 2.24) is 5.32 Å². The average molecular weight is 278 g/mol. The molecule has 20 heavy (non-hydrogen) atoms. The highest BCUT2D eigenvalue weighted by atomic mass is 16.6. The second-order valence-corrected chi connectivity index (χ2v) is 5.78. The second-order valence-electron chi connectivity index (χ2n) is 5.78. The van der Waals surface area contributed by atoms with E-state index in [4.69, 9.17) is 4.74 Å². The molecule has 0 saturated carbocycles. The summed E-state index contributed by atoms with van der Waals surface area (Å²) in [5, 5.41) is 13.0. The van der Waals surface area contributed by atoms with Gasteiger partial charge < -0.3 is 15.2 Å². The van der Waals surface area contributed by atoms with Gasteiger partial charge in [0.2, 0.25) is 0 Å². The zero-order valence-corrected chi connectivity index (χ0v) is 12.2. The molecule has 1 aromatic rings. The van der Waals surface area contributed by atoms with E-state index < -0.39 is 5.60 Å². The Morgan fingerprint density at radius 1 is 1.50 bits per heavy atom. The molecule has 0 spiro atoms. The minimum Gasteiger partial charge on any atom is -0.447 e. The van der Waals surface area contributed by atoms with Gasteiger partial charge in [0.15, 0.2) is 0 Å². The molecule has 1 atom stereocenters. The molecule has 1 amide bonds. The van der Waals surface area contributed by atoms with Gasteiger partial charge in [-0.15, -0.1) is 0 Å². The number of benzene rings is 1. The molecule has 2 N–H and O–H groups in total. The molecule has 1 unspecified atom stereocenters. The number of aliphatic hydroxyl groups is 1. The molecule has 5 heteroatoms. The molecule has 0 aliphatic carbocycles. The molecule has 0 bridgehead atoms. The normalized spacial score (nSPS) is 17.2. The fraction of sp³-hybridized carbons (Fsp3) is 0.533. The molecule has 1 aliphatic rings. The zero-order chi connectivity index (χ0) is 14.8. The van der Waals surface area contributed by atoms with E-state index in [0.29, 0.717) is 19.7 Å². The number of rotatable bonds is 5. The Morgan fingerprint density at radius 2 is 2.25 bits per heavy atom.